The fourth-order valence-electron chi connectivity index (χ4n) is 5.64. The third-order valence-electron chi connectivity index (χ3n) is 7.90. The molecule has 236 valence electrons. The zero-order valence-corrected chi connectivity index (χ0v) is 25.9. The highest BCUT2D eigenvalue weighted by molar-refractivity contribution is 7.89. The Morgan fingerprint density at radius 2 is 1.55 bits per heavy atom. The molecule has 0 radical (unpaired) electrons. The van der Waals surface area contributed by atoms with Crippen LogP contribution in [0.4, 0.5) is 5.69 Å². The van der Waals surface area contributed by atoms with E-state index in [1.165, 1.54) is 11.0 Å². The lowest BCUT2D eigenvalue weighted by Crippen LogP contribution is -2.37. The number of nitrogens with two attached hydrogens (primary N) is 2. The van der Waals surface area contributed by atoms with Crippen molar-refractivity contribution in [3.63, 3.8) is 0 Å². The summed E-state index contributed by atoms with van der Waals surface area (Å²) >= 11 is 0. The van der Waals surface area contributed by atoms with Gasteiger partial charge in [-0.25, -0.2) is 13.6 Å². The number of nitrogens with one attached hydrogen (secondary N) is 2. The van der Waals surface area contributed by atoms with Crippen LogP contribution < -0.4 is 20.9 Å². The zero-order chi connectivity index (χ0) is 33.1. The van der Waals surface area contributed by atoms with Crippen molar-refractivity contribution in [3.8, 4) is 16.9 Å². The molecule has 6 rings (SSSR count). The van der Waals surface area contributed by atoms with Gasteiger partial charge in [0.1, 0.15) is 24.2 Å². The summed E-state index contributed by atoms with van der Waals surface area (Å²) in [7, 11) is -4.00. The Morgan fingerprint density at radius 3 is 2.26 bits per heavy atom. The molecule has 2 amide bonds. The summed E-state index contributed by atoms with van der Waals surface area (Å²) < 4.78 is 30.6. The van der Waals surface area contributed by atoms with Crippen LogP contribution in [0.15, 0.2) is 126 Å². The minimum absolute atomic E-state index is 0.0271. The van der Waals surface area contributed by atoms with Gasteiger partial charge >= 0.3 is 0 Å². The van der Waals surface area contributed by atoms with Gasteiger partial charge in [0.2, 0.25) is 10.0 Å². The van der Waals surface area contributed by atoms with Crippen LogP contribution in [0.5, 0.6) is 5.75 Å². The van der Waals surface area contributed by atoms with Gasteiger partial charge in [-0.2, -0.15) is 0 Å². The third kappa shape index (κ3) is 6.62. The third-order valence-corrected chi connectivity index (χ3v) is 8.87. The first-order valence-electron chi connectivity index (χ1n) is 14.7. The number of amides is 2. The van der Waals surface area contributed by atoms with E-state index in [4.69, 9.17) is 21.0 Å². The number of benzene rings is 5. The number of ether oxygens (including phenoxy) is 1. The van der Waals surface area contributed by atoms with Gasteiger partial charge in [0.25, 0.3) is 11.8 Å². The van der Waals surface area contributed by atoms with Gasteiger partial charge in [-0.1, -0.05) is 84.9 Å². The van der Waals surface area contributed by atoms with Crippen LogP contribution in [-0.2, 0) is 28.0 Å². The smallest absolute Gasteiger partial charge is 0.255 e. The molecule has 5 aromatic rings. The van der Waals surface area contributed by atoms with Gasteiger partial charge in [-0.3, -0.25) is 15.0 Å². The second-order valence-electron chi connectivity index (χ2n) is 11.0. The average Bonchev–Trinajstić information content (AvgIpc) is 3.39. The molecule has 6 N–H and O–H groups in total. The Bertz CT molecular complexity index is 2100. The zero-order valence-electron chi connectivity index (χ0n) is 25.1. The van der Waals surface area contributed by atoms with E-state index in [2.05, 4.69) is 5.32 Å². The van der Waals surface area contributed by atoms with Crippen molar-refractivity contribution in [1.82, 2.24) is 4.90 Å². The summed E-state index contributed by atoms with van der Waals surface area (Å²) in [6.07, 6.45) is 0. The lowest BCUT2D eigenvalue weighted by atomic mass is 10.0. The molecule has 0 spiro atoms. The predicted octanol–water partition coefficient (Wildman–Crippen LogP) is 5.20. The molecule has 0 bridgehead atoms. The van der Waals surface area contributed by atoms with E-state index in [0.29, 0.717) is 44.8 Å². The number of carbonyl (C=O) groups excluding carboxylic acids is 2. The van der Waals surface area contributed by atoms with Crippen LogP contribution in [0.3, 0.4) is 0 Å². The maximum Gasteiger partial charge on any atom is 0.255 e. The Morgan fingerprint density at radius 1 is 0.872 bits per heavy atom. The molecule has 0 fully saturated rings. The molecule has 0 aliphatic carbocycles. The number of amidine groups is 1. The molecule has 1 aliphatic heterocycles. The molecule has 5 aromatic carbocycles. The number of sulfonamides is 1. The van der Waals surface area contributed by atoms with E-state index in [-0.39, 0.29) is 29.8 Å². The maximum atomic E-state index is 14.2. The van der Waals surface area contributed by atoms with Crippen molar-refractivity contribution < 1.29 is 22.7 Å². The highest BCUT2D eigenvalue weighted by Crippen LogP contribution is 2.37. The summed E-state index contributed by atoms with van der Waals surface area (Å²) in [4.78, 5) is 29.5. The summed E-state index contributed by atoms with van der Waals surface area (Å²) in [6.45, 7) is 0.333. The van der Waals surface area contributed by atoms with E-state index in [1.807, 2.05) is 36.4 Å². The summed E-state index contributed by atoms with van der Waals surface area (Å²) in [5, 5.41) is 16.3. The van der Waals surface area contributed by atoms with E-state index in [0.717, 1.165) is 5.56 Å². The first-order chi connectivity index (χ1) is 22.6. The number of anilines is 1. The minimum atomic E-state index is -4.00. The van der Waals surface area contributed by atoms with Gasteiger partial charge in [0.05, 0.1) is 10.6 Å². The first-order valence-corrected chi connectivity index (χ1v) is 16.2. The van der Waals surface area contributed by atoms with E-state index in [1.54, 1.807) is 78.9 Å². The molecule has 0 saturated heterocycles. The van der Waals surface area contributed by atoms with Crippen molar-refractivity contribution in [2.24, 2.45) is 10.9 Å². The molecule has 47 heavy (non-hydrogen) atoms. The van der Waals surface area contributed by atoms with E-state index >= 15 is 0 Å². The summed E-state index contributed by atoms with van der Waals surface area (Å²) in [5.41, 5.74) is 9.99. The molecule has 10 nitrogen and oxygen atoms in total. The number of rotatable bonds is 10. The molecule has 1 heterocycles. The number of hydrogen-bond donors (Lipinski definition) is 4. The Labute approximate surface area is 272 Å². The Kier molecular flexibility index (Phi) is 8.57. The summed E-state index contributed by atoms with van der Waals surface area (Å²) in [5.74, 6) is -0.663. The molecule has 1 atom stereocenters. The SMILES string of the molecule is N=C(N)c1ccc(OCc2ccccc2)c(NC(=O)C(c2ccccc2)N2Cc3cc(-c4ccccc4S(N)(=O)=O)ccc3C2=O)c1. The molecule has 1 unspecified atom stereocenters. The second-order valence-corrected chi connectivity index (χ2v) is 12.6. The number of hydrogen-bond acceptors (Lipinski definition) is 6. The lowest BCUT2D eigenvalue weighted by Gasteiger charge is -2.28. The van der Waals surface area contributed by atoms with Gasteiger partial charge in [-0.15, -0.1) is 0 Å². The molecule has 11 heteroatoms. The first kappa shape index (κ1) is 31.2. The number of nitrogens with zero attached hydrogens (tertiary/aromatic N) is 1. The Balaban J connectivity index is 1.33. The van der Waals surface area contributed by atoms with E-state index in [9.17, 15) is 18.0 Å². The standard InChI is InChI=1S/C36H31N5O5S/c37-34(38)26-16-18-31(46-22-23-9-3-1-4-10-23)30(20-26)40-35(42)33(24-11-5-2-6-12-24)41-21-27-19-25(15-17-29(27)36(41)43)28-13-7-8-14-32(28)47(39,44)45/h1-20,33H,21-22H2,(H3,37,38)(H,40,42)(H2,39,44,45). The van der Waals surface area contributed by atoms with Crippen LogP contribution in [0.1, 0.15) is 38.7 Å². The van der Waals surface area contributed by atoms with Gasteiger partial charge < -0.3 is 20.7 Å². The number of primary sulfonamides is 1. The van der Waals surface area contributed by atoms with Crippen LogP contribution in [0, 0.1) is 5.41 Å². The minimum Gasteiger partial charge on any atom is -0.487 e. The van der Waals surface area contributed by atoms with Gasteiger partial charge in [0, 0.05) is 23.2 Å². The van der Waals surface area contributed by atoms with Crippen LogP contribution >= 0.6 is 0 Å². The van der Waals surface area contributed by atoms with Crippen molar-refractivity contribution >= 4 is 33.4 Å². The molecule has 0 aromatic heterocycles. The van der Waals surface area contributed by atoms with Crippen molar-refractivity contribution in [2.45, 2.75) is 24.1 Å². The topological polar surface area (TPSA) is 169 Å². The number of fused-ring (bicyclic) bond motifs is 1. The molecular weight excluding hydrogens is 614 g/mol. The number of nitrogen functional groups attached to an aromatic ring is 1. The molecular formula is C36H31N5O5S. The average molecular weight is 646 g/mol. The van der Waals surface area contributed by atoms with Crippen LogP contribution in [-0.4, -0.2) is 31.0 Å². The normalized spacial score (nSPS) is 13.1. The summed E-state index contributed by atoms with van der Waals surface area (Å²) in [6, 6.07) is 33.7. The quantitative estimate of drug-likeness (QED) is 0.120. The lowest BCUT2D eigenvalue weighted by molar-refractivity contribution is -0.120. The number of carbonyl (C=O) groups is 2. The predicted molar refractivity (Wildman–Crippen MR) is 179 cm³/mol. The van der Waals surface area contributed by atoms with Crippen molar-refractivity contribution in [2.75, 3.05) is 5.32 Å². The molecule has 1 aliphatic rings. The van der Waals surface area contributed by atoms with Gasteiger partial charge in [-0.05, 0) is 58.7 Å². The molecule has 0 saturated carbocycles. The second kappa shape index (κ2) is 12.9. The van der Waals surface area contributed by atoms with Crippen molar-refractivity contribution in [1.29, 1.82) is 5.41 Å². The largest absolute Gasteiger partial charge is 0.487 e. The Hall–Kier alpha value is -5.78. The monoisotopic (exact) mass is 645 g/mol. The highest BCUT2D eigenvalue weighted by atomic mass is 32.2. The van der Waals surface area contributed by atoms with Crippen molar-refractivity contribution in [3.05, 3.63) is 149 Å². The van der Waals surface area contributed by atoms with Crippen LogP contribution in [0.2, 0.25) is 0 Å². The maximum absolute atomic E-state index is 14.2. The van der Waals surface area contributed by atoms with E-state index < -0.39 is 22.0 Å². The fraction of sp³-hybridized carbons (Fsp3) is 0.0833. The fourth-order valence-corrected chi connectivity index (χ4v) is 6.40. The van der Waals surface area contributed by atoms with Gasteiger partial charge in [0.15, 0.2) is 0 Å². The van der Waals surface area contributed by atoms with Crippen LogP contribution in [0.25, 0.3) is 11.1 Å². The highest BCUT2D eigenvalue weighted by Gasteiger charge is 2.38.